The summed E-state index contributed by atoms with van der Waals surface area (Å²) in [6.07, 6.45) is 4.65. The molecule has 1 aromatic heterocycles. The summed E-state index contributed by atoms with van der Waals surface area (Å²) < 4.78 is 0. The van der Waals surface area contributed by atoms with Gasteiger partial charge in [0.1, 0.15) is 5.75 Å². The Bertz CT molecular complexity index is 840. The second kappa shape index (κ2) is 5.92. The highest BCUT2D eigenvalue weighted by molar-refractivity contribution is 5.93. The van der Waals surface area contributed by atoms with Gasteiger partial charge in [0.2, 0.25) is 0 Å². The summed E-state index contributed by atoms with van der Waals surface area (Å²) in [4.78, 5) is 4.87. The van der Waals surface area contributed by atoms with Gasteiger partial charge in [-0.3, -0.25) is 4.98 Å². The second-order valence-electron chi connectivity index (χ2n) is 6.16. The lowest BCUT2D eigenvalue weighted by Gasteiger charge is -2.21. The van der Waals surface area contributed by atoms with Crippen LogP contribution in [-0.2, 0) is 19.4 Å². The molecule has 1 heterocycles. The first-order valence-corrected chi connectivity index (χ1v) is 8.23. The Balaban J connectivity index is 1.73. The van der Waals surface area contributed by atoms with Crippen molar-refractivity contribution in [2.75, 3.05) is 5.32 Å². The standard InChI is InChI=1S/C20H20N2O/c23-15-11-9-14(10-12-15)13-21-20-16-5-1-3-7-18(16)22-19-8-4-2-6-17(19)20/h1,3,5,7,9-12,23H,2,4,6,8,13H2,(H,21,22). The molecule has 3 aromatic rings. The number of rotatable bonds is 3. The molecule has 0 aliphatic heterocycles. The van der Waals surface area contributed by atoms with Gasteiger partial charge in [0.05, 0.1) is 5.52 Å². The average molecular weight is 304 g/mol. The van der Waals surface area contributed by atoms with Crippen molar-refractivity contribution in [2.24, 2.45) is 0 Å². The van der Waals surface area contributed by atoms with Gasteiger partial charge in [-0.1, -0.05) is 30.3 Å². The molecule has 1 aliphatic carbocycles. The molecule has 116 valence electrons. The van der Waals surface area contributed by atoms with Gasteiger partial charge in [-0.05, 0) is 55.0 Å². The topological polar surface area (TPSA) is 45.1 Å². The van der Waals surface area contributed by atoms with Crippen molar-refractivity contribution in [3.63, 3.8) is 0 Å². The van der Waals surface area contributed by atoms with Crippen LogP contribution in [0.4, 0.5) is 5.69 Å². The van der Waals surface area contributed by atoms with Crippen molar-refractivity contribution in [3.05, 3.63) is 65.4 Å². The van der Waals surface area contributed by atoms with Crippen LogP contribution in [0.2, 0.25) is 0 Å². The first kappa shape index (κ1) is 14.1. The zero-order valence-electron chi connectivity index (χ0n) is 13.0. The summed E-state index contributed by atoms with van der Waals surface area (Å²) in [7, 11) is 0. The third-order valence-electron chi connectivity index (χ3n) is 4.57. The highest BCUT2D eigenvalue weighted by Gasteiger charge is 2.17. The molecule has 0 unspecified atom stereocenters. The van der Waals surface area contributed by atoms with E-state index in [1.54, 1.807) is 12.1 Å². The highest BCUT2D eigenvalue weighted by atomic mass is 16.3. The number of hydrogen-bond donors (Lipinski definition) is 2. The van der Waals surface area contributed by atoms with Gasteiger partial charge >= 0.3 is 0 Å². The fourth-order valence-electron chi connectivity index (χ4n) is 3.38. The van der Waals surface area contributed by atoms with E-state index >= 15 is 0 Å². The number of aryl methyl sites for hydroxylation is 1. The minimum absolute atomic E-state index is 0.306. The summed E-state index contributed by atoms with van der Waals surface area (Å²) in [6, 6.07) is 15.7. The summed E-state index contributed by atoms with van der Waals surface area (Å²) >= 11 is 0. The molecule has 2 aromatic carbocycles. The molecular formula is C20H20N2O. The maximum Gasteiger partial charge on any atom is 0.115 e. The monoisotopic (exact) mass is 304 g/mol. The van der Waals surface area contributed by atoms with Crippen LogP contribution in [0, 0.1) is 0 Å². The molecule has 0 saturated heterocycles. The van der Waals surface area contributed by atoms with Crippen molar-refractivity contribution >= 4 is 16.6 Å². The van der Waals surface area contributed by atoms with E-state index in [-0.39, 0.29) is 0 Å². The molecule has 0 bridgehead atoms. The van der Waals surface area contributed by atoms with Crippen LogP contribution in [0.25, 0.3) is 10.9 Å². The van der Waals surface area contributed by atoms with Gasteiger partial charge in [0, 0.05) is 23.3 Å². The smallest absolute Gasteiger partial charge is 0.115 e. The highest BCUT2D eigenvalue weighted by Crippen LogP contribution is 2.33. The number of aromatic nitrogens is 1. The minimum Gasteiger partial charge on any atom is -0.508 e. The molecule has 2 N–H and O–H groups in total. The van der Waals surface area contributed by atoms with Gasteiger partial charge in [-0.2, -0.15) is 0 Å². The average Bonchev–Trinajstić information content (AvgIpc) is 2.60. The van der Waals surface area contributed by atoms with Crippen LogP contribution in [0.15, 0.2) is 48.5 Å². The zero-order chi connectivity index (χ0) is 15.6. The van der Waals surface area contributed by atoms with Crippen LogP contribution >= 0.6 is 0 Å². The number of pyridine rings is 1. The third kappa shape index (κ3) is 2.74. The molecule has 23 heavy (non-hydrogen) atoms. The van der Waals surface area contributed by atoms with E-state index in [1.807, 2.05) is 18.2 Å². The fraction of sp³-hybridized carbons (Fsp3) is 0.250. The van der Waals surface area contributed by atoms with Crippen molar-refractivity contribution < 1.29 is 5.11 Å². The molecule has 0 saturated carbocycles. The number of phenols is 1. The number of aromatic hydroxyl groups is 1. The van der Waals surface area contributed by atoms with Crippen LogP contribution in [-0.4, -0.2) is 10.1 Å². The van der Waals surface area contributed by atoms with E-state index in [2.05, 4.69) is 23.5 Å². The lowest BCUT2D eigenvalue weighted by Crippen LogP contribution is -2.11. The molecule has 0 radical (unpaired) electrons. The number of hydrogen-bond acceptors (Lipinski definition) is 3. The molecular weight excluding hydrogens is 284 g/mol. The number of para-hydroxylation sites is 1. The summed E-state index contributed by atoms with van der Waals surface area (Å²) in [5, 5.41) is 14.2. The SMILES string of the molecule is Oc1ccc(CNc2c3c(nc4ccccc24)CCCC3)cc1. The Hall–Kier alpha value is -2.55. The van der Waals surface area contributed by atoms with Crippen LogP contribution in [0.5, 0.6) is 5.75 Å². The van der Waals surface area contributed by atoms with Crippen molar-refractivity contribution in [3.8, 4) is 5.75 Å². The number of fused-ring (bicyclic) bond motifs is 2. The predicted octanol–water partition coefficient (Wildman–Crippen LogP) is 4.43. The molecule has 3 nitrogen and oxygen atoms in total. The molecule has 1 aliphatic rings. The van der Waals surface area contributed by atoms with Crippen molar-refractivity contribution in [2.45, 2.75) is 32.2 Å². The molecule has 0 atom stereocenters. The van der Waals surface area contributed by atoms with Crippen LogP contribution < -0.4 is 5.32 Å². The summed E-state index contributed by atoms with van der Waals surface area (Å²) in [5.74, 6) is 0.306. The molecule has 4 rings (SSSR count). The van der Waals surface area contributed by atoms with Crippen molar-refractivity contribution in [1.29, 1.82) is 0 Å². The second-order valence-corrected chi connectivity index (χ2v) is 6.16. The molecule has 3 heteroatoms. The predicted molar refractivity (Wildman–Crippen MR) is 93.8 cm³/mol. The van der Waals surface area contributed by atoms with E-state index < -0.39 is 0 Å². The van der Waals surface area contributed by atoms with Gasteiger partial charge in [0.15, 0.2) is 0 Å². The summed E-state index contributed by atoms with van der Waals surface area (Å²) in [5.41, 5.74) is 6.10. The maximum absolute atomic E-state index is 9.41. The largest absolute Gasteiger partial charge is 0.508 e. The molecule has 0 spiro atoms. The zero-order valence-corrected chi connectivity index (χ0v) is 13.0. The fourth-order valence-corrected chi connectivity index (χ4v) is 3.38. The first-order valence-electron chi connectivity index (χ1n) is 8.23. The lowest BCUT2D eigenvalue weighted by molar-refractivity contribution is 0.475. The van der Waals surface area contributed by atoms with Gasteiger partial charge in [-0.15, -0.1) is 0 Å². The number of phenolic OH excluding ortho intramolecular Hbond substituents is 1. The number of nitrogens with one attached hydrogen (secondary N) is 1. The Labute approximate surface area is 136 Å². The number of anilines is 1. The molecule has 0 fully saturated rings. The van der Waals surface area contributed by atoms with Crippen LogP contribution in [0.1, 0.15) is 29.7 Å². The Morgan fingerprint density at radius 2 is 1.74 bits per heavy atom. The van der Waals surface area contributed by atoms with Gasteiger partial charge in [0.25, 0.3) is 0 Å². The Morgan fingerprint density at radius 1 is 0.957 bits per heavy atom. The first-order chi connectivity index (χ1) is 11.3. The van der Waals surface area contributed by atoms with E-state index in [0.29, 0.717) is 5.75 Å². The minimum atomic E-state index is 0.306. The normalized spacial score (nSPS) is 13.7. The third-order valence-corrected chi connectivity index (χ3v) is 4.57. The van der Waals surface area contributed by atoms with E-state index in [4.69, 9.17) is 4.98 Å². The quantitative estimate of drug-likeness (QED) is 0.752. The maximum atomic E-state index is 9.41. The van der Waals surface area contributed by atoms with Crippen LogP contribution in [0.3, 0.4) is 0 Å². The summed E-state index contributed by atoms with van der Waals surface area (Å²) in [6.45, 7) is 0.751. The van der Waals surface area contributed by atoms with E-state index in [1.165, 1.54) is 35.2 Å². The Morgan fingerprint density at radius 3 is 2.61 bits per heavy atom. The van der Waals surface area contributed by atoms with E-state index in [0.717, 1.165) is 30.5 Å². The number of nitrogens with zero attached hydrogens (tertiary/aromatic N) is 1. The van der Waals surface area contributed by atoms with Gasteiger partial charge in [-0.25, -0.2) is 0 Å². The lowest BCUT2D eigenvalue weighted by atomic mass is 9.92. The Kier molecular flexibility index (Phi) is 3.62. The van der Waals surface area contributed by atoms with E-state index in [9.17, 15) is 5.11 Å². The van der Waals surface area contributed by atoms with Gasteiger partial charge < -0.3 is 10.4 Å². The number of benzene rings is 2. The molecule has 0 amide bonds. The van der Waals surface area contributed by atoms with Crippen molar-refractivity contribution in [1.82, 2.24) is 4.98 Å².